The molecule has 0 radical (unpaired) electrons. The minimum atomic E-state index is -0.171. The summed E-state index contributed by atoms with van der Waals surface area (Å²) in [5, 5.41) is 3.04. The van der Waals surface area contributed by atoms with Gasteiger partial charge in [0.1, 0.15) is 6.04 Å². The first kappa shape index (κ1) is 10.4. The summed E-state index contributed by atoms with van der Waals surface area (Å²) >= 11 is 0. The van der Waals surface area contributed by atoms with E-state index in [4.69, 9.17) is 4.74 Å². The molecule has 0 rings (SSSR count). The van der Waals surface area contributed by atoms with E-state index in [9.17, 15) is 4.79 Å². The van der Waals surface area contributed by atoms with Crippen LogP contribution in [0.3, 0.4) is 0 Å². The average Bonchev–Trinajstić information content (AvgIpc) is 2.00. The quantitative estimate of drug-likeness (QED) is 0.607. The van der Waals surface area contributed by atoms with E-state index in [1.165, 1.54) is 0 Å². The van der Waals surface area contributed by atoms with Crippen LogP contribution in [0.5, 0.6) is 0 Å². The molecule has 0 aromatic carbocycles. The fourth-order valence-corrected chi connectivity index (χ4v) is 0.711. The number of carbonyl (C=O) groups excluding carboxylic acids is 1. The molecular formula is C8H17NO2. The summed E-state index contributed by atoms with van der Waals surface area (Å²) in [6, 6.07) is -0.171. The largest absolute Gasteiger partial charge is 0.465 e. The molecule has 3 heteroatoms. The predicted octanol–water partition coefficient (Wildman–Crippen LogP) is 0.938. The van der Waals surface area contributed by atoms with Crippen molar-refractivity contribution in [3.8, 4) is 0 Å². The molecule has 0 bridgehead atoms. The van der Waals surface area contributed by atoms with E-state index in [-0.39, 0.29) is 12.0 Å². The Bertz CT molecular complexity index is 115. The average molecular weight is 159 g/mol. The molecule has 11 heavy (non-hydrogen) atoms. The molecule has 0 saturated heterocycles. The standard InChI is InChI=1S/C8H17NO2/c1-4-6-9-7(3)8(10)11-5-2/h7,9H,4-6H2,1-3H3/t7-/m0/s1. The topological polar surface area (TPSA) is 38.3 Å². The second kappa shape index (κ2) is 6.16. The Hall–Kier alpha value is -0.570. The van der Waals surface area contributed by atoms with Crippen molar-refractivity contribution in [2.75, 3.05) is 13.2 Å². The molecule has 0 aliphatic heterocycles. The second-order valence-corrected chi connectivity index (χ2v) is 2.43. The van der Waals surface area contributed by atoms with Gasteiger partial charge in [0, 0.05) is 0 Å². The Morgan fingerprint density at radius 2 is 2.18 bits per heavy atom. The molecule has 1 N–H and O–H groups in total. The highest BCUT2D eigenvalue weighted by Gasteiger charge is 2.11. The lowest BCUT2D eigenvalue weighted by atomic mass is 10.3. The number of rotatable bonds is 5. The van der Waals surface area contributed by atoms with E-state index >= 15 is 0 Å². The second-order valence-electron chi connectivity index (χ2n) is 2.43. The molecular weight excluding hydrogens is 142 g/mol. The van der Waals surface area contributed by atoms with Gasteiger partial charge in [-0.3, -0.25) is 4.79 Å². The van der Waals surface area contributed by atoms with Crippen LogP contribution >= 0.6 is 0 Å². The van der Waals surface area contributed by atoms with Gasteiger partial charge in [0.2, 0.25) is 0 Å². The molecule has 0 saturated carbocycles. The van der Waals surface area contributed by atoms with Gasteiger partial charge in [0.05, 0.1) is 6.61 Å². The van der Waals surface area contributed by atoms with Gasteiger partial charge in [-0.25, -0.2) is 0 Å². The summed E-state index contributed by atoms with van der Waals surface area (Å²) in [7, 11) is 0. The van der Waals surface area contributed by atoms with E-state index in [1.54, 1.807) is 0 Å². The van der Waals surface area contributed by atoms with Crippen LogP contribution in [0, 0.1) is 0 Å². The lowest BCUT2D eigenvalue weighted by Gasteiger charge is -2.10. The summed E-state index contributed by atoms with van der Waals surface area (Å²) in [6.07, 6.45) is 1.03. The lowest BCUT2D eigenvalue weighted by Crippen LogP contribution is -2.35. The molecule has 1 atom stereocenters. The van der Waals surface area contributed by atoms with Gasteiger partial charge in [-0.2, -0.15) is 0 Å². The molecule has 0 aromatic heterocycles. The normalized spacial score (nSPS) is 12.6. The van der Waals surface area contributed by atoms with Crippen molar-refractivity contribution in [2.24, 2.45) is 0 Å². The summed E-state index contributed by atoms with van der Waals surface area (Å²) in [5.41, 5.74) is 0. The van der Waals surface area contributed by atoms with Gasteiger partial charge in [-0.1, -0.05) is 6.92 Å². The van der Waals surface area contributed by atoms with Gasteiger partial charge < -0.3 is 10.1 Å². The van der Waals surface area contributed by atoms with Crippen LogP contribution in [-0.2, 0) is 9.53 Å². The van der Waals surface area contributed by atoms with Gasteiger partial charge in [0.15, 0.2) is 0 Å². The van der Waals surface area contributed by atoms with Crippen LogP contribution in [0.1, 0.15) is 27.2 Å². The molecule has 0 heterocycles. The zero-order valence-electron chi connectivity index (χ0n) is 7.52. The Kier molecular flexibility index (Phi) is 5.84. The highest BCUT2D eigenvalue weighted by atomic mass is 16.5. The third-order valence-electron chi connectivity index (χ3n) is 1.34. The van der Waals surface area contributed by atoms with Crippen LogP contribution in [0.4, 0.5) is 0 Å². The molecule has 3 nitrogen and oxygen atoms in total. The first-order valence-electron chi connectivity index (χ1n) is 4.12. The monoisotopic (exact) mass is 159 g/mol. The Morgan fingerprint density at radius 1 is 1.55 bits per heavy atom. The van der Waals surface area contributed by atoms with Crippen molar-refractivity contribution in [1.29, 1.82) is 0 Å². The number of carbonyl (C=O) groups is 1. The Labute approximate surface area is 68.1 Å². The summed E-state index contributed by atoms with van der Waals surface area (Å²) in [5.74, 6) is -0.166. The molecule has 0 unspecified atom stereocenters. The van der Waals surface area contributed by atoms with Crippen molar-refractivity contribution in [2.45, 2.75) is 33.2 Å². The fourth-order valence-electron chi connectivity index (χ4n) is 0.711. The minimum Gasteiger partial charge on any atom is -0.465 e. The van der Waals surface area contributed by atoms with Crippen molar-refractivity contribution in [3.63, 3.8) is 0 Å². The van der Waals surface area contributed by atoms with E-state index in [0.29, 0.717) is 6.61 Å². The van der Waals surface area contributed by atoms with Crippen molar-refractivity contribution < 1.29 is 9.53 Å². The molecule has 0 spiro atoms. The van der Waals surface area contributed by atoms with Gasteiger partial charge >= 0.3 is 5.97 Å². The third-order valence-corrected chi connectivity index (χ3v) is 1.34. The number of esters is 1. The van der Waals surface area contributed by atoms with Gasteiger partial charge in [-0.15, -0.1) is 0 Å². The zero-order chi connectivity index (χ0) is 8.69. The van der Waals surface area contributed by atoms with Crippen LogP contribution in [0.25, 0.3) is 0 Å². The minimum absolute atomic E-state index is 0.166. The molecule has 0 aliphatic carbocycles. The third kappa shape index (κ3) is 4.79. The van der Waals surface area contributed by atoms with Crippen LogP contribution in [0.2, 0.25) is 0 Å². The number of nitrogens with one attached hydrogen (secondary N) is 1. The molecule has 0 aliphatic rings. The van der Waals surface area contributed by atoms with Crippen molar-refractivity contribution in [1.82, 2.24) is 5.32 Å². The SMILES string of the molecule is CCCN[C@@H](C)C(=O)OCC. The summed E-state index contributed by atoms with van der Waals surface area (Å²) in [4.78, 5) is 11.0. The number of ether oxygens (including phenoxy) is 1. The zero-order valence-corrected chi connectivity index (χ0v) is 7.52. The van der Waals surface area contributed by atoms with Gasteiger partial charge in [0.25, 0.3) is 0 Å². The number of hydrogen-bond donors (Lipinski definition) is 1. The summed E-state index contributed by atoms with van der Waals surface area (Å²) < 4.78 is 4.80. The van der Waals surface area contributed by atoms with Crippen molar-refractivity contribution in [3.05, 3.63) is 0 Å². The van der Waals surface area contributed by atoms with Crippen LogP contribution in [-0.4, -0.2) is 25.2 Å². The van der Waals surface area contributed by atoms with E-state index < -0.39 is 0 Å². The van der Waals surface area contributed by atoms with Crippen LogP contribution < -0.4 is 5.32 Å². The smallest absolute Gasteiger partial charge is 0.322 e. The maximum atomic E-state index is 11.0. The Balaban J connectivity index is 3.46. The van der Waals surface area contributed by atoms with Crippen molar-refractivity contribution >= 4 is 5.97 Å². The predicted molar refractivity (Wildman–Crippen MR) is 44.4 cm³/mol. The maximum Gasteiger partial charge on any atom is 0.322 e. The van der Waals surface area contributed by atoms with E-state index in [2.05, 4.69) is 12.2 Å². The van der Waals surface area contributed by atoms with Crippen LogP contribution in [0.15, 0.2) is 0 Å². The molecule has 0 amide bonds. The molecule has 66 valence electrons. The maximum absolute atomic E-state index is 11.0. The highest BCUT2D eigenvalue weighted by Crippen LogP contribution is 1.87. The Morgan fingerprint density at radius 3 is 2.64 bits per heavy atom. The first-order valence-corrected chi connectivity index (χ1v) is 4.12. The summed E-state index contributed by atoms with van der Waals surface area (Å²) in [6.45, 7) is 7.00. The fraction of sp³-hybridized carbons (Fsp3) is 0.875. The molecule has 0 fully saturated rings. The first-order chi connectivity index (χ1) is 5.22. The number of hydrogen-bond acceptors (Lipinski definition) is 3. The lowest BCUT2D eigenvalue weighted by molar-refractivity contribution is -0.145. The van der Waals surface area contributed by atoms with E-state index in [0.717, 1.165) is 13.0 Å². The highest BCUT2D eigenvalue weighted by molar-refractivity contribution is 5.75. The van der Waals surface area contributed by atoms with E-state index in [1.807, 2.05) is 13.8 Å². The van der Waals surface area contributed by atoms with Gasteiger partial charge in [-0.05, 0) is 26.8 Å². The molecule has 0 aromatic rings.